The fraction of sp³-hybridized carbons (Fsp3) is 0.0833. The Morgan fingerprint density at radius 1 is 1.44 bits per heavy atom. The van der Waals surface area contributed by atoms with Crippen molar-refractivity contribution in [2.24, 2.45) is 0 Å². The van der Waals surface area contributed by atoms with E-state index in [0.29, 0.717) is 22.7 Å². The molecule has 0 amide bonds. The molecule has 3 rings (SSSR count). The molecule has 1 aromatic carbocycles. The number of oxazole rings is 1. The molecule has 6 nitrogen and oxygen atoms in total. The molecule has 2 N–H and O–H groups in total. The number of hydrogen-bond donors (Lipinski definition) is 2. The molecule has 3 aromatic rings. The normalized spacial score (nSPS) is 10.9. The molecule has 18 heavy (non-hydrogen) atoms. The molecule has 0 atom stereocenters. The molecule has 0 saturated heterocycles. The van der Waals surface area contributed by atoms with E-state index in [4.69, 9.17) is 9.52 Å². The fourth-order valence-corrected chi connectivity index (χ4v) is 1.84. The van der Waals surface area contributed by atoms with Gasteiger partial charge in [-0.2, -0.15) is 5.10 Å². The van der Waals surface area contributed by atoms with Gasteiger partial charge in [0.25, 0.3) is 0 Å². The molecule has 90 valence electrons. The quantitative estimate of drug-likeness (QED) is 0.720. The minimum atomic E-state index is -1.04. The Morgan fingerprint density at radius 3 is 3.00 bits per heavy atom. The SMILES string of the molecule is Cc1nc2c(-c3cc(C(=O)O)[nH]n3)cccc2o1. The zero-order chi connectivity index (χ0) is 12.7. The number of aryl methyl sites for hydroxylation is 1. The lowest BCUT2D eigenvalue weighted by molar-refractivity contribution is 0.0690. The standard InChI is InChI=1S/C12H9N3O3/c1-6-13-11-7(3-2-4-10(11)18-6)8-5-9(12(16)17)15-14-8/h2-5H,1H3,(H,14,15)(H,16,17). The first-order valence-electron chi connectivity index (χ1n) is 5.30. The van der Waals surface area contributed by atoms with E-state index in [2.05, 4.69) is 15.2 Å². The number of H-pyrrole nitrogens is 1. The number of aromatic nitrogens is 3. The van der Waals surface area contributed by atoms with E-state index < -0.39 is 5.97 Å². The number of fused-ring (bicyclic) bond motifs is 1. The Labute approximate surface area is 101 Å². The van der Waals surface area contributed by atoms with Gasteiger partial charge in [0, 0.05) is 12.5 Å². The van der Waals surface area contributed by atoms with Crippen LogP contribution in [0.3, 0.4) is 0 Å². The fourth-order valence-electron chi connectivity index (χ4n) is 1.84. The molecule has 0 bridgehead atoms. The zero-order valence-electron chi connectivity index (χ0n) is 9.47. The Balaban J connectivity index is 2.21. The molecule has 0 unspecified atom stereocenters. The molecule has 0 aliphatic heterocycles. The van der Waals surface area contributed by atoms with Gasteiger partial charge in [-0.1, -0.05) is 12.1 Å². The van der Waals surface area contributed by atoms with E-state index >= 15 is 0 Å². The molecule has 0 aliphatic rings. The van der Waals surface area contributed by atoms with Crippen LogP contribution in [0.4, 0.5) is 0 Å². The van der Waals surface area contributed by atoms with Crippen LogP contribution < -0.4 is 0 Å². The number of hydrogen-bond acceptors (Lipinski definition) is 4. The van der Waals surface area contributed by atoms with Crippen molar-refractivity contribution in [2.45, 2.75) is 6.92 Å². The Morgan fingerprint density at radius 2 is 2.28 bits per heavy atom. The van der Waals surface area contributed by atoms with Crippen molar-refractivity contribution in [3.63, 3.8) is 0 Å². The second-order valence-electron chi connectivity index (χ2n) is 3.86. The summed E-state index contributed by atoms with van der Waals surface area (Å²) in [5.74, 6) is -0.483. The molecule has 6 heteroatoms. The van der Waals surface area contributed by atoms with Gasteiger partial charge >= 0.3 is 5.97 Å². The van der Waals surface area contributed by atoms with Gasteiger partial charge in [-0.25, -0.2) is 9.78 Å². The summed E-state index contributed by atoms with van der Waals surface area (Å²) >= 11 is 0. The van der Waals surface area contributed by atoms with E-state index in [1.165, 1.54) is 6.07 Å². The van der Waals surface area contributed by atoms with Crippen LogP contribution >= 0.6 is 0 Å². The van der Waals surface area contributed by atoms with E-state index in [1.54, 1.807) is 6.92 Å². The summed E-state index contributed by atoms with van der Waals surface area (Å²) in [5, 5.41) is 15.3. The topological polar surface area (TPSA) is 92.0 Å². The molecule has 2 aromatic heterocycles. The first kappa shape index (κ1) is 10.5. The van der Waals surface area contributed by atoms with E-state index in [0.717, 1.165) is 5.56 Å². The molecule has 0 aliphatic carbocycles. The van der Waals surface area contributed by atoms with Gasteiger partial charge in [0.1, 0.15) is 11.2 Å². The van der Waals surface area contributed by atoms with Crippen LogP contribution in [0.1, 0.15) is 16.4 Å². The Kier molecular flexibility index (Phi) is 2.16. The van der Waals surface area contributed by atoms with Crippen LogP contribution in [0.5, 0.6) is 0 Å². The van der Waals surface area contributed by atoms with Crippen LogP contribution in [0.2, 0.25) is 0 Å². The molecule has 0 fully saturated rings. The third-order valence-corrected chi connectivity index (χ3v) is 2.61. The number of carbonyl (C=O) groups is 1. The van der Waals surface area contributed by atoms with E-state index in [1.807, 2.05) is 18.2 Å². The summed E-state index contributed by atoms with van der Waals surface area (Å²) in [6, 6.07) is 6.92. The van der Waals surface area contributed by atoms with Gasteiger partial charge < -0.3 is 9.52 Å². The maximum absolute atomic E-state index is 10.8. The van der Waals surface area contributed by atoms with Gasteiger partial charge in [-0.15, -0.1) is 0 Å². The summed E-state index contributed by atoms with van der Waals surface area (Å²) in [7, 11) is 0. The number of carboxylic acid groups (broad SMARTS) is 1. The van der Waals surface area contributed by atoms with E-state index in [9.17, 15) is 4.79 Å². The Hall–Kier alpha value is -2.63. The van der Waals surface area contributed by atoms with Crippen molar-refractivity contribution in [3.05, 3.63) is 35.9 Å². The van der Waals surface area contributed by atoms with Crippen LogP contribution in [-0.4, -0.2) is 26.3 Å². The third-order valence-electron chi connectivity index (χ3n) is 2.61. The molecule has 0 saturated carbocycles. The lowest BCUT2D eigenvalue weighted by Crippen LogP contribution is -1.95. The number of benzene rings is 1. The minimum Gasteiger partial charge on any atom is -0.477 e. The second kappa shape index (κ2) is 3.69. The first-order valence-corrected chi connectivity index (χ1v) is 5.30. The van der Waals surface area contributed by atoms with Crippen molar-refractivity contribution in [3.8, 4) is 11.3 Å². The molecule has 0 radical (unpaired) electrons. The average molecular weight is 243 g/mol. The molecular weight excluding hydrogens is 234 g/mol. The first-order chi connectivity index (χ1) is 8.65. The third kappa shape index (κ3) is 1.55. The highest BCUT2D eigenvalue weighted by atomic mass is 16.4. The molecular formula is C12H9N3O3. The van der Waals surface area contributed by atoms with Crippen LogP contribution in [-0.2, 0) is 0 Å². The monoisotopic (exact) mass is 243 g/mol. The molecule has 2 heterocycles. The van der Waals surface area contributed by atoms with Gasteiger partial charge in [0.2, 0.25) is 0 Å². The number of para-hydroxylation sites is 1. The van der Waals surface area contributed by atoms with Crippen molar-refractivity contribution in [1.82, 2.24) is 15.2 Å². The number of nitrogens with zero attached hydrogens (tertiary/aromatic N) is 2. The maximum atomic E-state index is 10.8. The predicted octanol–water partition coefficient (Wildman–Crippen LogP) is 2.22. The zero-order valence-corrected chi connectivity index (χ0v) is 9.47. The predicted molar refractivity (Wildman–Crippen MR) is 63.3 cm³/mol. The number of aromatic carboxylic acids is 1. The summed E-state index contributed by atoms with van der Waals surface area (Å²) in [4.78, 5) is 15.1. The highest BCUT2D eigenvalue weighted by molar-refractivity contribution is 5.92. The lowest BCUT2D eigenvalue weighted by Gasteiger charge is -1.95. The Bertz CT molecular complexity index is 742. The van der Waals surface area contributed by atoms with Crippen molar-refractivity contribution in [1.29, 1.82) is 0 Å². The molecule has 0 spiro atoms. The van der Waals surface area contributed by atoms with Crippen molar-refractivity contribution < 1.29 is 14.3 Å². The highest BCUT2D eigenvalue weighted by Crippen LogP contribution is 2.27. The average Bonchev–Trinajstić information content (AvgIpc) is 2.92. The number of carboxylic acids is 1. The smallest absolute Gasteiger partial charge is 0.353 e. The second-order valence-corrected chi connectivity index (χ2v) is 3.86. The van der Waals surface area contributed by atoms with Gasteiger partial charge in [-0.05, 0) is 12.1 Å². The maximum Gasteiger partial charge on any atom is 0.353 e. The van der Waals surface area contributed by atoms with Crippen molar-refractivity contribution in [2.75, 3.05) is 0 Å². The highest BCUT2D eigenvalue weighted by Gasteiger charge is 2.14. The summed E-state index contributed by atoms with van der Waals surface area (Å²) in [6.45, 7) is 1.76. The van der Waals surface area contributed by atoms with Crippen LogP contribution in [0, 0.1) is 6.92 Å². The van der Waals surface area contributed by atoms with Gasteiger partial charge in [0.15, 0.2) is 11.5 Å². The van der Waals surface area contributed by atoms with Gasteiger partial charge in [-0.3, -0.25) is 5.10 Å². The van der Waals surface area contributed by atoms with Crippen molar-refractivity contribution >= 4 is 17.1 Å². The minimum absolute atomic E-state index is 0.0437. The van der Waals surface area contributed by atoms with Crippen LogP contribution in [0.25, 0.3) is 22.4 Å². The summed E-state index contributed by atoms with van der Waals surface area (Å²) < 4.78 is 5.42. The van der Waals surface area contributed by atoms with Crippen LogP contribution in [0.15, 0.2) is 28.7 Å². The number of rotatable bonds is 2. The van der Waals surface area contributed by atoms with Gasteiger partial charge in [0.05, 0.1) is 5.69 Å². The largest absolute Gasteiger partial charge is 0.477 e. The summed E-state index contributed by atoms with van der Waals surface area (Å²) in [6.07, 6.45) is 0. The van der Waals surface area contributed by atoms with E-state index in [-0.39, 0.29) is 5.69 Å². The number of nitrogens with one attached hydrogen (secondary N) is 1. The number of aromatic amines is 1. The summed E-state index contributed by atoms with van der Waals surface area (Å²) in [5.41, 5.74) is 2.66. The lowest BCUT2D eigenvalue weighted by atomic mass is 10.1.